The minimum absolute atomic E-state index is 0.0142. The summed E-state index contributed by atoms with van der Waals surface area (Å²) in [5.74, 6) is -0.379. The third-order valence-electron chi connectivity index (χ3n) is 4.45. The van der Waals surface area contributed by atoms with Crippen molar-refractivity contribution in [3.8, 4) is 11.5 Å². The maximum atomic E-state index is 12.5. The predicted molar refractivity (Wildman–Crippen MR) is 104 cm³/mol. The first-order chi connectivity index (χ1) is 13.0. The zero-order valence-corrected chi connectivity index (χ0v) is 16.7. The van der Waals surface area contributed by atoms with Crippen molar-refractivity contribution in [2.24, 2.45) is 0 Å². The largest absolute Gasteiger partial charge is 0.493 e. The number of esters is 1. The molecule has 6 nitrogen and oxygen atoms in total. The van der Waals surface area contributed by atoms with E-state index in [4.69, 9.17) is 19.3 Å². The zero-order valence-electron chi connectivity index (χ0n) is 16.7. The normalized spacial score (nSPS) is 11.7. The van der Waals surface area contributed by atoms with Crippen LogP contribution >= 0.6 is 0 Å². The number of rotatable bonds is 14. The first-order valence-electron chi connectivity index (χ1n) is 9.66. The second-order valence-corrected chi connectivity index (χ2v) is 6.59. The van der Waals surface area contributed by atoms with Gasteiger partial charge >= 0.3 is 11.9 Å². The Balaban J connectivity index is 2.64. The van der Waals surface area contributed by atoms with Crippen LogP contribution in [0.25, 0.3) is 0 Å². The van der Waals surface area contributed by atoms with E-state index in [1.54, 1.807) is 18.2 Å². The van der Waals surface area contributed by atoms with E-state index in [2.05, 4.69) is 6.92 Å². The molecule has 152 valence electrons. The van der Waals surface area contributed by atoms with Gasteiger partial charge in [0.15, 0.2) is 11.5 Å². The van der Waals surface area contributed by atoms with Crippen molar-refractivity contribution in [1.82, 2.24) is 0 Å². The molecule has 1 N–H and O–H groups in total. The van der Waals surface area contributed by atoms with Gasteiger partial charge < -0.3 is 19.3 Å². The third kappa shape index (κ3) is 8.80. The summed E-state index contributed by atoms with van der Waals surface area (Å²) < 4.78 is 16.0. The lowest BCUT2D eigenvalue weighted by Crippen LogP contribution is -2.20. The summed E-state index contributed by atoms with van der Waals surface area (Å²) >= 11 is 0. The fraction of sp³-hybridized carbons (Fsp3) is 0.619. The first-order valence-corrected chi connectivity index (χ1v) is 9.66. The third-order valence-corrected chi connectivity index (χ3v) is 4.45. The Bertz CT molecular complexity index is 584. The molecule has 0 aromatic heterocycles. The standard InChI is InChI=1S/C21H32O6/c1-4-5-6-7-8-9-10-17(12-14-20(22)23)27-21(24)16-11-13-18(25-2)19(15-16)26-3/h11,13,15,17H,4-10,12,14H2,1-3H3,(H,22,23). The molecule has 1 unspecified atom stereocenters. The maximum absolute atomic E-state index is 12.5. The summed E-state index contributed by atoms with van der Waals surface area (Å²) in [6.07, 6.45) is 7.38. The lowest BCUT2D eigenvalue weighted by atomic mass is 10.0. The van der Waals surface area contributed by atoms with E-state index >= 15 is 0 Å². The Kier molecular flexibility index (Phi) is 11.0. The molecule has 0 saturated heterocycles. The van der Waals surface area contributed by atoms with Crippen LogP contribution < -0.4 is 9.47 Å². The highest BCUT2D eigenvalue weighted by atomic mass is 16.5. The molecule has 0 aliphatic heterocycles. The molecule has 0 aliphatic rings. The van der Waals surface area contributed by atoms with Gasteiger partial charge in [0.25, 0.3) is 0 Å². The van der Waals surface area contributed by atoms with Crippen LogP contribution in [0.4, 0.5) is 0 Å². The molecule has 0 heterocycles. The highest BCUT2D eigenvalue weighted by Crippen LogP contribution is 2.28. The number of methoxy groups -OCH3 is 2. The quantitative estimate of drug-likeness (QED) is 0.367. The number of unbranched alkanes of at least 4 members (excludes halogenated alkanes) is 5. The van der Waals surface area contributed by atoms with Crippen LogP contribution in [0.5, 0.6) is 11.5 Å². The molecule has 0 spiro atoms. The SMILES string of the molecule is CCCCCCCCC(CCC(=O)O)OC(=O)c1ccc(OC)c(OC)c1. The summed E-state index contributed by atoms with van der Waals surface area (Å²) in [7, 11) is 3.03. The van der Waals surface area contributed by atoms with E-state index in [1.807, 2.05) is 0 Å². The Morgan fingerprint density at radius 2 is 1.63 bits per heavy atom. The fourth-order valence-electron chi connectivity index (χ4n) is 2.88. The molecule has 0 amide bonds. The van der Waals surface area contributed by atoms with Gasteiger partial charge in [-0.05, 0) is 37.5 Å². The molecular formula is C21H32O6. The minimum Gasteiger partial charge on any atom is -0.493 e. The van der Waals surface area contributed by atoms with Crippen LogP contribution in [0.3, 0.4) is 0 Å². The maximum Gasteiger partial charge on any atom is 0.338 e. The number of hydrogen-bond donors (Lipinski definition) is 1. The number of carbonyl (C=O) groups is 2. The number of benzene rings is 1. The van der Waals surface area contributed by atoms with Crippen molar-refractivity contribution >= 4 is 11.9 Å². The Morgan fingerprint density at radius 3 is 2.26 bits per heavy atom. The molecule has 6 heteroatoms. The number of carboxylic acids is 1. The zero-order chi connectivity index (χ0) is 20.1. The number of ether oxygens (including phenoxy) is 3. The first kappa shape index (κ1) is 22.8. The van der Waals surface area contributed by atoms with Gasteiger partial charge in [0.1, 0.15) is 6.10 Å². The Labute approximate surface area is 161 Å². The smallest absolute Gasteiger partial charge is 0.338 e. The highest BCUT2D eigenvalue weighted by molar-refractivity contribution is 5.90. The van der Waals surface area contributed by atoms with E-state index < -0.39 is 18.0 Å². The lowest BCUT2D eigenvalue weighted by molar-refractivity contribution is -0.137. The topological polar surface area (TPSA) is 82.1 Å². The second-order valence-electron chi connectivity index (χ2n) is 6.59. The van der Waals surface area contributed by atoms with Crippen LogP contribution in [0, 0.1) is 0 Å². The molecule has 0 aliphatic carbocycles. The van der Waals surface area contributed by atoms with Crippen molar-refractivity contribution in [3.05, 3.63) is 23.8 Å². The molecule has 1 aromatic carbocycles. The lowest BCUT2D eigenvalue weighted by Gasteiger charge is -2.18. The second kappa shape index (κ2) is 13.0. The number of carboxylic acid groups (broad SMARTS) is 1. The Morgan fingerprint density at radius 1 is 0.963 bits per heavy atom. The average molecular weight is 380 g/mol. The summed E-state index contributed by atoms with van der Waals surface area (Å²) in [5, 5.41) is 8.94. The van der Waals surface area contributed by atoms with Gasteiger partial charge in [0.05, 0.1) is 19.8 Å². The van der Waals surface area contributed by atoms with Crippen LogP contribution in [0.1, 0.15) is 75.1 Å². The monoisotopic (exact) mass is 380 g/mol. The molecule has 0 saturated carbocycles. The highest BCUT2D eigenvalue weighted by Gasteiger charge is 2.18. The molecule has 1 rings (SSSR count). The van der Waals surface area contributed by atoms with E-state index in [0.717, 1.165) is 19.3 Å². The molecule has 0 fully saturated rings. The van der Waals surface area contributed by atoms with Gasteiger partial charge in [0, 0.05) is 6.42 Å². The van der Waals surface area contributed by atoms with Crippen molar-refractivity contribution < 1.29 is 28.9 Å². The van der Waals surface area contributed by atoms with Gasteiger partial charge in [-0.15, -0.1) is 0 Å². The van der Waals surface area contributed by atoms with E-state index in [-0.39, 0.29) is 6.42 Å². The van der Waals surface area contributed by atoms with Gasteiger partial charge in [-0.25, -0.2) is 4.79 Å². The minimum atomic E-state index is -0.884. The van der Waals surface area contributed by atoms with E-state index in [9.17, 15) is 9.59 Å². The van der Waals surface area contributed by atoms with Crippen LogP contribution in [0.2, 0.25) is 0 Å². The van der Waals surface area contributed by atoms with Crippen LogP contribution in [-0.2, 0) is 9.53 Å². The Hall–Kier alpha value is -2.24. The van der Waals surface area contributed by atoms with Gasteiger partial charge in [-0.2, -0.15) is 0 Å². The molecule has 1 aromatic rings. The van der Waals surface area contributed by atoms with Gasteiger partial charge in [-0.1, -0.05) is 39.0 Å². The predicted octanol–water partition coefficient (Wildman–Crippen LogP) is 4.84. The molecule has 1 atom stereocenters. The summed E-state index contributed by atoms with van der Waals surface area (Å²) in [4.78, 5) is 23.4. The van der Waals surface area contributed by atoms with Crippen molar-refractivity contribution in [2.75, 3.05) is 14.2 Å². The van der Waals surface area contributed by atoms with E-state index in [0.29, 0.717) is 29.9 Å². The number of carbonyl (C=O) groups excluding carboxylic acids is 1. The van der Waals surface area contributed by atoms with Crippen molar-refractivity contribution in [2.45, 2.75) is 70.8 Å². The fourth-order valence-corrected chi connectivity index (χ4v) is 2.88. The molecular weight excluding hydrogens is 348 g/mol. The molecule has 27 heavy (non-hydrogen) atoms. The van der Waals surface area contributed by atoms with Gasteiger partial charge in [0.2, 0.25) is 0 Å². The van der Waals surface area contributed by atoms with Gasteiger partial charge in [-0.3, -0.25) is 4.79 Å². The number of aliphatic carboxylic acids is 1. The summed E-state index contributed by atoms with van der Waals surface area (Å²) in [6, 6.07) is 4.83. The molecule has 0 radical (unpaired) electrons. The van der Waals surface area contributed by atoms with E-state index in [1.165, 1.54) is 33.5 Å². The summed E-state index contributed by atoms with van der Waals surface area (Å²) in [6.45, 7) is 2.18. The molecule has 0 bridgehead atoms. The van der Waals surface area contributed by atoms with Crippen LogP contribution in [-0.4, -0.2) is 37.4 Å². The van der Waals surface area contributed by atoms with Crippen molar-refractivity contribution in [1.29, 1.82) is 0 Å². The van der Waals surface area contributed by atoms with Crippen LogP contribution in [0.15, 0.2) is 18.2 Å². The average Bonchev–Trinajstić information content (AvgIpc) is 2.67. The number of hydrogen-bond acceptors (Lipinski definition) is 5. The summed E-state index contributed by atoms with van der Waals surface area (Å²) in [5.41, 5.74) is 0.357. The van der Waals surface area contributed by atoms with Crippen molar-refractivity contribution in [3.63, 3.8) is 0 Å².